The van der Waals surface area contributed by atoms with Crippen molar-refractivity contribution in [2.45, 2.75) is 45.7 Å². The van der Waals surface area contributed by atoms with Crippen LogP contribution in [0.4, 0.5) is 10.5 Å². The number of amides is 3. The minimum Gasteiger partial charge on any atom is -0.495 e. The number of rotatable bonds is 3. The molecule has 1 fully saturated rings. The molecule has 2 N–H and O–H groups in total. The van der Waals surface area contributed by atoms with Gasteiger partial charge in [-0.3, -0.25) is 4.79 Å². The van der Waals surface area contributed by atoms with Gasteiger partial charge >= 0.3 is 6.03 Å². The van der Waals surface area contributed by atoms with Crippen LogP contribution in [0, 0.1) is 6.92 Å². The maximum absolute atomic E-state index is 12.3. The zero-order valence-corrected chi connectivity index (χ0v) is 15.5. The van der Waals surface area contributed by atoms with E-state index < -0.39 is 0 Å². The van der Waals surface area contributed by atoms with E-state index in [-0.39, 0.29) is 23.5 Å². The van der Waals surface area contributed by atoms with Crippen LogP contribution < -0.4 is 15.4 Å². The quantitative estimate of drug-likeness (QED) is 0.876. The van der Waals surface area contributed by atoms with Crippen LogP contribution in [-0.4, -0.2) is 42.1 Å². The highest BCUT2D eigenvalue weighted by molar-refractivity contribution is 6.31. The van der Waals surface area contributed by atoms with Crippen molar-refractivity contribution >= 4 is 29.2 Å². The lowest BCUT2D eigenvalue weighted by molar-refractivity contribution is -0.131. The Labute approximate surface area is 147 Å². The second-order valence-electron chi connectivity index (χ2n) is 6.98. The SMILES string of the molecule is COc1cc(Cl)c(C)cc1NC(=O)NC1CC(=O)N(C(C)(C)C)C1. The number of nitrogens with one attached hydrogen (secondary N) is 2. The number of carbonyl (C=O) groups excluding carboxylic acids is 2. The normalized spacial score (nSPS) is 17.8. The largest absolute Gasteiger partial charge is 0.495 e. The summed E-state index contributed by atoms with van der Waals surface area (Å²) in [5, 5.41) is 6.17. The molecule has 6 nitrogen and oxygen atoms in total. The van der Waals surface area contributed by atoms with Gasteiger partial charge in [0, 0.05) is 29.6 Å². The molecule has 1 aliphatic rings. The maximum Gasteiger partial charge on any atom is 0.319 e. The summed E-state index contributed by atoms with van der Waals surface area (Å²) in [6, 6.07) is 2.83. The molecule has 0 spiro atoms. The van der Waals surface area contributed by atoms with Gasteiger partial charge in [0.15, 0.2) is 0 Å². The van der Waals surface area contributed by atoms with Gasteiger partial charge < -0.3 is 20.3 Å². The molecule has 1 aromatic carbocycles. The van der Waals surface area contributed by atoms with Crippen LogP contribution in [0.25, 0.3) is 0 Å². The Balaban J connectivity index is 2.02. The number of anilines is 1. The highest BCUT2D eigenvalue weighted by atomic mass is 35.5. The Morgan fingerprint density at radius 3 is 2.58 bits per heavy atom. The number of benzene rings is 1. The van der Waals surface area contributed by atoms with E-state index >= 15 is 0 Å². The molecule has 24 heavy (non-hydrogen) atoms. The Bertz CT molecular complexity index is 655. The first-order valence-corrected chi connectivity index (χ1v) is 8.21. The van der Waals surface area contributed by atoms with Crippen molar-refractivity contribution < 1.29 is 14.3 Å². The van der Waals surface area contributed by atoms with E-state index in [1.54, 1.807) is 17.0 Å². The predicted octanol–water partition coefficient (Wildman–Crippen LogP) is 3.18. The van der Waals surface area contributed by atoms with Crippen LogP contribution in [0.5, 0.6) is 5.75 Å². The van der Waals surface area contributed by atoms with Gasteiger partial charge in [0.25, 0.3) is 0 Å². The number of hydrogen-bond donors (Lipinski definition) is 2. The van der Waals surface area contributed by atoms with E-state index in [2.05, 4.69) is 10.6 Å². The molecule has 0 radical (unpaired) electrons. The highest BCUT2D eigenvalue weighted by Gasteiger charge is 2.36. The van der Waals surface area contributed by atoms with E-state index in [1.807, 2.05) is 27.7 Å². The average Bonchev–Trinajstić information content (AvgIpc) is 2.83. The maximum atomic E-state index is 12.3. The molecule has 0 bridgehead atoms. The standard InChI is InChI=1S/C17H24ClN3O3/c1-10-6-13(14(24-5)8-12(10)18)20-16(23)19-11-7-15(22)21(9-11)17(2,3)4/h6,8,11H,7,9H2,1-5H3,(H2,19,20,23). The van der Waals surface area contributed by atoms with Crippen molar-refractivity contribution in [3.63, 3.8) is 0 Å². The number of ether oxygens (including phenoxy) is 1. The summed E-state index contributed by atoms with van der Waals surface area (Å²) in [5.74, 6) is 0.535. The van der Waals surface area contributed by atoms with Crippen LogP contribution in [0.1, 0.15) is 32.8 Å². The first-order valence-electron chi connectivity index (χ1n) is 7.84. The van der Waals surface area contributed by atoms with Crippen molar-refractivity contribution in [1.82, 2.24) is 10.2 Å². The number of methoxy groups -OCH3 is 1. The van der Waals surface area contributed by atoms with Crippen LogP contribution >= 0.6 is 11.6 Å². The van der Waals surface area contributed by atoms with Crippen LogP contribution in [0.2, 0.25) is 5.02 Å². The fourth-order valence-corrected chi connectivity index (χ4v) is 2.88. The fraction of sp³-hybridized carbons (Fsp3) is 0.529. The molecule has 0 saturated carbocycles. The predicted molar refractivity (Wildman–Crippen MR) is 94.8 cm³/mol. The van der Waals surface area contributed by atoms with E-state index in [9.17, 15) is 9.59 Å². The number of likely N-dealkylation sites (tertiary alicyclic amines) is 1. The molecular weight excluding hydrogens is 330 g/mol. The summed E-state index contributed by atoms with van der Waals surface area (Å²) >= 11 is 6.06. The molecule has 1 saturated heterocycles. The minimum atomic E-state index is -0.372. The molecule has 1 unspecified atom stereocenters. The lowest BCUT2D eigenvalue weighted by Crippen LogP contribution is -2.45. The van der Waals surface area contributed by atoms with Crippen LogP contribution in [-0.2, 0) is 4.79 Å². The third kappa shape index (κ3) is 4.12. The second-order valence-corrected chi connectivity index (χ2v) is 7.38. The van der Waals surface area contributed by atoms with Gasteiger partial charge in [0.05, 0.1) is 18.8 Å². The summed E-state index contributed by atoms with van der Waals surface area (Å²) < 4.78 is 5.24. The van der Waals surface area contributed by atoms with Crippen LogP contribution in [0.15, 0.2) is 12.1 Å². The summed E-state index contributed by atoms with van der Waals surface area (Å²) in [5.41, 5.74) is 1.12. The number of halogens is 1. The third-order valence-corrected chi connectivity index (χ3v) is 4.41. The summed E-state index contributed by atoms with van der Waals surface area (Å²) in [4.78, 5) is 26.1. The average molecular weight is 354 g/mol. The molecule has 1 heterocycles. The number of hydrogen-bond acceptors (Lipinski definition) is 3. The molecule has 2 rings (SSSR count). The minimum absolute atomic E-state index is 0.0488. The number of urea groups is 1. The van der Waals surface area contributed by atoms with E-state index in [0.717, 1.165) is 5.56 Å². The van der Waals surface area contributed by atoms with E-state index in [4.69, 9.17) is 16.3 Å². The van der Waals surface area contributed by atoms with Gasteiger partial charge in [-0.15, -0.1) is 0 Å². The van der Waals surface area contributed by atoms with Gasteiger partial charge in [0.2, 0.25) is 5.91 Å². The Morgan fingerprint density at radius 2 is 2.04 bits per heavy atom. The molecule has 0 aliphatic carbocycles. The first-order chi connectivity index (χ1) is 11.1. The van der Waals surface area contributed by atoms with Crippen molar-refractivity contribution in [3.8, 4) is 5.75 Å². The third-order valence-electron chi connectivity index (χ3n) is 4.00. The van der Waals surface area contributed by atoms with E-state index in [1.165, 1.54) is 7.11 Å². The molecule has 3 amide bonds. The fourth-order valence-electron chi connectivity index (χ4n) is 2.73. The first kappa shape index (κ1) is 18.4. The monoisotopic (exact) mass is 353 g/mol. The van der Waals surface area contributed by atoms with Crippen molar-refractivity contribution in [2.75, 3.05) is 19.0 Å². The topological polar surface area (TPSA) is 70.7 Å². The molecule has 132 valence electrons. The lowest BCUT2D eigenvalue weighted by Gasteiger charge is -2.32. The van der Waals surface area contributed by atoms with Crippen molar-refractivity contribution in [3.05, 3.63) is 22.7 Å². The van der Waals surface area contributed by atoms with E-state index in [0.29, 0.717) is 29.4 Å². The number of aryl methyl sites for hydroxylation is 1. The highest BCUT2D eigenvalue weighted by Crippen LogP contribution is 2.31. The molecule has 7 heteroatoms. The molecule has 1 aromatic rings. The lowest BCUT2D eigenvalue weighted by atomic mass is 10.1. The van der Waals surface area contributed by atoms with Gasteiger partial charge in [-0.05, 0) is 39.3 Å². The van der Waals surface area contributed by atoms with Gasteiger partial charge in [-0.25, -0.2) is 4.79 Å². The summed E-state index contributed by atoms with van der Waals surface area (Å²) in [6.07, 6.45) is 0.307. The molecular formula is C17H24ClN3O3. The molecule has 0 aromatic heterocycles. The zero-order chi connectivity index (χ0) is 18.1. The Hall–Kier alpha value is -1.95. The van der Waals surface area contributed by atoms with Crippen molar-refractivity contribution in [2.24, 2.45) is 0 Å². The van der Waals surface area contributed by atoms with Gasteiger partial charge in [-0.1, -0.05) is 11.6 Å². The smallest absolute Gasteiger partial charge is 0.319 e. The molecule has 1 atom stereocenters. The summed E-state index contributed by atoms with van der Waals surface area (Å²) in [6.45, 7) is 8.30. The Kier molecular flexibility index (Phi) is 5.28. The Morgan fingerprint density at radius 1 is 1.38 bits per heavy atom. The van der Waals surface area contributed by atoms with Crippen molar-refractivity contribution in [1.29, 1.82) is 0 Å². The molecule has 1 aliphatic heterocycles. The second kappa shape index (κ2) is 6.89. The number of carbonyl (C=O) groups is 2. The zero-order valence-electron chi connectivity index (χ0n) is 14.7. The van der Waals surface area contributed by atoms with Crippen LogP contribution in [0.3, 0.4) is 0 Å². The number of nitrogens with zero attached hydrogens (tertiary/aromatic N) is 1. The summed E-state index contributed by atoms with van der Waals surface area (Å²) in [7, 11) is 1.51. The van der Waals surface area contributed by atoms with Gasteiger partial charge in [0.1, 0.15) is 5.75 Å². The van der Waals surface area contributed by atoms with Gasteiger partial charge in [-0.2, -0.15) is 0 Å².